The Labute approximate surface area is 290 Å². The monoisotopic (exact) mass is 725 g/mol. The van der Waals surface area contributed by atoms with Gasteiger partial charge in [-0.3, -0.25) is 14.8 Å². The highest BCUT2D eigenvalue weighted by Crippen LogP contribution is 2.38. The van der Waals surface area contributed by atoms with Crippen LogP contribution >= 0.6 is 34.3 Å². The molecule has 0 bridgehead atoms. The van der Waals surface area contributed by atoms with Gasteiger partial charge in [-0.2, -0.15) is 0 Å². The lowest BCUT2D eigenvalue weighted by atomic mass is 9.95. The van der Waals surface area contributed by atoms with Crippen molar-refractivity contribution in [1.29, 1.82) is 0 Å². The van der Waals surface area contributed by atoms with Crippen LogP contribution in [0.4, 0.5) is 18.7 Å². The normalized spacial score (nSPS) is 19.5. The van der Waals surface area contributed by atoms with Gasteiger partial charge in [-0.1, -0.05) is 23.7 Å². The fourth-order valence-electron chi connectivity index (χ4n) is 6.14. The van der Waals surface area contributed by atoms with E-state index in [9.17, 15) is 23.2 Å². The maximum Gasteiger partial charge on any atom is 0.338 e. The molecule has 3 aliphatic heterocycles. The van der Waals surface area contributed by atoms with Crippen LogP contribution in [0.3, 0.4) is 0 Å². The average Bonchev–Trinajstić information content (AvgIpc) is 3.85. The molecule has 17 heteroatoms. The summed E-state index contributed by atoms with van der Waals surface area (Å²) in [5.41, 5.74) is 1.57. The Morgan fingerprint density at radius 1 is 1.14 bits per heavy atom. The smallest absolute Gasteiger partial charge is 0.338 e. The molecule has 49 heavy (non-hydrogen) atoms. The van der Waals surface area contributed by atoms with Crippen LogP contribution in [0.2, 0.25) is 5.02 Å². The molecular formula is C32H26ClF2N7O5S2. The molecule has 5 heterocycles. The van der Waals surface area contributed by atoms with Gasteiger partial charge >= 0.3 is 18.0 Å². The largest absolute Gasteiger partial charge is 0.478 e. The van der Waals surface area contributed by atoms with Gasteiger partial charge in [0.15, 0.2) is 16.0 Å². The number of fused-ring (bicyclic) bond motifs is 1. The first-order valence-electron chi connectivity index (χ1n) is 14.9. The van der Waals surface area contributed by atoms with Gasteiger partial charge in [-0.05, 0) is 24.3 Å². The van der Waals surface area contributed by atoms with Crippen molar-refractivity contribution in [2.24, 2.45) is 4.99 Å². The molecule has 2 aromatic heterocycles. The molecule has 0 aliphatic carbocycles. The summed E-state index contributed by atoms with van der Waals surface area (Å²) in [5.74, 6) is -2.94. The molecule has 2 N–H and O–H groups in total. The van der Waals surface area contributed by atoms with Gasteiger partial charge in [-0.15, -0.1) is 22.7 Å². The highest BCUT2D eigenvalue weighted by molar-refractivity contribution is 7.14. The van der Waals surface area contributed by atoms with Crippen molar-refractivity contribution in [3.05, 3.63) is 97.4 Å². The molecule has 12 nitrogen and oxygen atoms in total. The number of rotatable bonds is 8. The Hall–Kier alpha value is -4.77. The minimum Gasteiger partial charge on any atom is -0.478 e. The van der Waals surface area contributed by atoms with Crippen LogP contribution in [-0.2, 0) is 9.53 Å². The first-order valence-corrected chi connectivity index (χ1v) is 17.0. The summed E-state index contributed by atoms with van der Waals surface area (Å²) in [6, 6.07) is 6.43. The molecule has 2 unspecified atom stereocenters. The second-order valence-corrected chi connectivity index (χ2v) is 13.5. The van der Waals surface area contributed by atoms with Crippen molar-refractivity contribution in [3.63, 3.8) is 0 Å². The number of aromatic nitrogens is 2. The van der Waals surface area contributed by atoms with Gasteiger partial charge in [0, 0.05) is 65.0 Å². The molecule has 0 saturated carbocycles. The predicted molar refractivity (Wildman–Crippen MR) is 179 cm³/mol. The van der Waals surface area contributed by atoms with E-state index in [0.29, 0.717) is 64.7 Å². The van der Waals surface area contributed by atoms with E-state index in [1.54, 1.807) is 26.8 Å². The summed E-state index contributed by atoms with van der Waals surface area (Å²) in [7, 11) is 1.28. The van der Waals surface area contributed by atoms with E-state index in [1.807, 2.05) is 0 Å². The number of urea groups is 1. The zero-order valence-electron chi connectivity index (χ0n) is 25.6. The van der Waals surface area contributed by atoms with E-state index in [-0.39, 0.29) is 29.2 Å². The number of hydrogen-bond donors (Lipinski definition) is 2. The summed E-state index contributed by atoms with van der Waals surface area (Å²) < 4.78 is 33.5. The number of carbonyl (C=O) groups excluding carboxylic acids is 2. The van der Waals surface area contributed by atoms with Crippen molar-refractivity contribution in [2.75, 3.05) is 44.7 Å². The van der Waals surface area contributed by atoms with Gasteiger partial charge in [-0.25, -0.2) is 33.1 Å². The lowest BCUT2D eigenvalue weighted by Crippen LogP contribution is -2.53. The van der Waals surface area contributed by atoms with Crippen molar-refractivity contribution in [1.82, 2.24) is 25.1 Å². The molecule has 2 amide bonds. The Morgan fingerprint density at radius 3 is 2.69 bits per heavy atom. The van der Waals surface area contributed by atoms with Crippen LogP contribution in [0.1, 0.15) is 27.0 Å². The summed E-state index contributed by atoms with van der Waals surface area (Å²) >= 11 is 9.07. The highest BCUT2D eigenvalue weighted by atomic mass is 35.5. The van der Waals surface area contributed by atoms with Crippen LogP contribution in [0, 0.1) is 11.6 Å². The summed E-state index contributed by atoms with van der Waals surface area (Å²) in [6.07, 6.45) is 1.64. The number of piperazine rings is 1. The molecule has 4 aromatic rings. The first kappa shape index (κ1) is 32.8. The lowest BCUT2D eigenvalue weighted by molar-refractivity contribution is -0.136. The van der Waals surface area contributed by atoms with Crippen LogP contribution < -0.4 is 10.2 Å². The Morgan fingerprint density at radius 2 is 1.98 bits per heavy atom. The molecule has 2 aromatic carbocycles. The minimum absolute atomic E-state index is 0.112. The number of nitrogens with zero attached hydrogens (tertiary/aromatic N) is 6. The Kier molecular flexibility index (Phi) is 8.87. The molecule has 2 saturated heterocycles. The number of ether oxygens (including phenoxy) is 1. The molecule has 3 aliphatic rings. The molecule has 2 atom stereocenters. The van der Waals surface area contributed by atoms with Gasteiger partial charge in [0.2, 0.25) is 0 Å². The Bertz CT molecular complexity index is 2040. The van der Waals surface area contributed by atoms with Gasteiger partial charge in [0.05, 0.1) is 36.5 Å². The first-order chi connectivity index (χ1) is 23.6. The molecule has 252 valence electrons. The number of esters is 1. The van der Waals surface area contributed by atoms with Gasteiger partial charge < -0.3 is 20.1 Å². The number of hydrogen-bond acceptors (Lipinski definition) is 11. The summed E-state index contributed by atoms with van der Waals surface area (Å²) in [4.78, 5) is 57.2. The van der Waals surface area contributed by atoms with E-state index >= 15 is 0 Å². The third-order valence-corrected chi connectivity index (χ3v) is 10.4. The fraction of sp³-hybridized carbons (Fsp3) is 0.250. The number of thiazole rings is 2. The molecule has 0 spiro atoms. The summed E-state index contributed by atoms with van der Waals surface area (Å²) in [6.45, 7) is 2.03. The number of methoxy groups -OCH3 is 1. The number of nitrogens with one attached hydrogen (secondary N) is 1. The molecule has 2 fully saturated rings. The lowest BCUT2D eigenvalue weighted by Gasteiger charge is -2.38. The third kappa shape index (κ3) is 6.27. The number of halogens is 3. The number of anilines is 1. The van der Waals surface area contributed by atoms with Crippen molar-refractivity contribution in [2.45, 2.75) is 12.1 Å². The second kappa shape index (κ2) is 13.3. The maximum absolute atomic E-state index is 14.3. The molecule has 0 radical (unpaired) electrons. The van der Waals surface area contributed by atoms with E-state index in [2.05, 4.69) is 20.2 Å². The van der Waals surface area contributed by atoms with E-state index in [1.165, 1.54) is 60.1 Å². The molecule has 7 rings (SSSR count). The van der Waals surface area contributed by atoms with Crippen molar-refractivity contribution < 1.29 is 33.0 Å². The number of aromatic carboxylic acids is 1. The topological polar surface area (TPSA) is 141 Å². The van der Waals surface area contributed by atoms with Crippen LogP contribution in [0.15, 0.2) is 69.6 Å². The van der Waals surface area contributed by atoms with Gasteiger partial charge in [0.25, 0.3) is 0 Å². The zero-order chi connectivity index (χ0) is 34.4. The van der Waals surface area contributed by atoms with Crippen molar-refractivity contribution in [3.8, 4) is 11.3 Å². The highest BCUT2D eigenvalue weighted by Gasteiger charge is 2.43. The van der Waals surface area contributed by atoms with E-state index in [0.717, 1.165) is 6.07 Å². The second-order valence-electron chi connectivity index (χ2n) is 11.4. The van der Waals surface area contributed by atoms with Gasteiger partial charge in [0.1, 0.15) is 17.7 Å². The SMILES string of the molecule is COC(=O)C1=C(CN2CCN3C(=O)N(c4nc(-c5ccc(C(=O)O)c(F)c5)cs4)CC3C2)NC(c2nccs2)=NC1c1ccc(F)cc1Cl. The quantitative estimate of drug-likeness (QED) is 0.239. The minimum atomic E-state index is -1.36. The maximum atomic E-state index is 14.3. The predicted octanol–water partition coefficient (Wildman–Crippen LogP) is 5.04. The van der Waals surface area contributed by atoms with Crippen LogP contribution in [-0.4, -0.2) is 94.6 Å². The number of benzene rings is 2. The fourth-order valence-corrected chi connectivity index (χ4v) is 7.83. The third-order valence-electron chi connectivity index (χ3n) is 8.46. The van der Waals surface area contributed by atoms with Crippen LogP contribution in [0.5, 0.6) is 0 Å². The van der Waals surface area contributed by atoms with Crippen LogP contribution in [0.25, 0.3) is 11.3 Å². The number of amidine groups is 1. The Balaban J connectivity index is 1.13. The van der Waals surface area contributed by atoms with E-state index < -0.39 is 35.2 Å². The molecular weight excluding hydrogens is 700 g/mol. The summed E-state index contributed by atoms with van der Waals surface area (Å²) in [5, 5.41) is 17.1. The number of carboxylic acid groups (broad SMARTS) is 1. The average molecular weight is 726 g/mol. The zero-order valence-corrected chi connectivity index (χ0v) is 28.0. The number of carboxylic acids is 1. The van der Waals surface area contributed by atoms with Crippen molar-refractivity contribution >= 4 is 63.2 Å². The number of amides is 2. The standard InChI is InChI=1S/C32H26ClF2N7O5S2/c1-47-30(45)25-23(37-27(28-36-6-9-48-28)39-26(25)19-5-3-17(34)11-21(19)33)14-40-7-8-41-18(12-40)13-42(32(41)46)31-38-24(15-49-31)16-2-4-20(29(43)44)22(35)10-16/h2-6,9-11,15,18,26H,7-8,12-14H2,1H3,(H,37,39)(H,43,44). The number of aliphatic imine (C=N–C) groups is 1. The number of carbonyl (C=O) groups is 3. The van der Waals surface area contributed by atoms with E-state index in [4.69, 9.17) is 26.4 Å².